The largest absolute Gasteiger partial charge is 0.497 e. The van der Waals surface area contributed by atoms with Crippen LogP contribution in [-0.4, -0.2) is 23.8 Å². The fourth-order valence-electron chi connectivity index (χ4n) is 1.70. The zero-order valence-corrected chi connectivity index (χ0v) is 8.79. The molecule has 3 heteroatoms. The molecule has 0 bridgehead atoms. The Bertz CT molecular complexity index is 448. The Hall–Kier alpha value is -1.48. The van der Waals surface area contributed by atoms with Crippen molar-refractivity contribution in [3.8, 4) is 5.75 Å². The molecule has 0 saturated heterocycles. The van der Waals surface area contributed by atoms with Crippen LogP contribution in [0.4, 0.5) is 0 Å². The van der Waals surface area contributed by atoms with Crippen LogP contribution in [0.25, 0.3) is 10.9 Å². The summed E-state index contributed by atoms with van der Waals surface area (Å²) in [4.78, 5) is 3.31. The van der Waals surface area contributed by atoms with Gasteiger partial charge in [0, 0.05) is 23.9 Å². The molecule has 0 fully saturated rings. The predicted molar refractivity (Wildman–Crippen MR) is 60.3 cm³/mol. The zero-order chi connectivity index (χ0) is 10.7. The van der Waals surface area contributed by atoms with Crippen LogP contribution in [0, 0.1) is 0 Å². The van der Waals surface area contributed by atoms with E-state index in [0.717, 1.165) is 29.8 Å². The van der Waals surface area contributed by atoms with E-state index in [4.69, 9.17) is 9.84 Å². The Kier molecular flexibility index (Phi) is 2.92. The molecular weight excluding hydrogens is 190 g/mol. The first-order chi connectivity index (χ1) is 7.33. The summed E-state index contributed by atoms with van der Waals surface area (Å²) in [6.07, 6.45) is 1.68. The van der Waals surface area contributed by atoms with Gasteiger partial charge in [0.15, 0.2) is 0 Å². The molecule has 2 aromatic rings. The van der Waals surface area contributed by atoms with Gasteiger partial charge >= 0.3 is 0 Å². The molecule has 0 unspecified atom stereocenters. The lowest BCUT2D eigenvalue weighted by Gasteiger charge is -1.97. The maximum Gasteiger partial charge on any atom is 0.120 e. The van der Waals surface area contributed by atoms with Crippen LogP contribution in [0.15, 0.2) is 24.3 Å². The van der Waals surface area contributed by atoms with Crippen molar-refractivity contribution in [2.24, 2.45) is 0 Å². The normalized spacial score (nSPS) is 10.8. The molecule has 0 aliphatic carbocycles. The summed E-state index contributed by atoms with van der Waals surface area (Å²) in [6, 6.07) is 8.08. The molecule has 0 amide bonds. The number of aromatic amines is 1. The summed E-state index contributed by atoms with van der Waals surface area (Å²) in [5.41, 5.74) is 2.24. The number of aliphatic hydroxyl groups is 1. The summed E-state index contributed by atoms with van der Waals surface area (Å²) in [7, 11) is 1.66. The summed E-state index contributed by atoms with van der Waals surface area (Å²) < 4.78 is 5.15. The zero-order valence-electron chi connectivity index (χ0n) is 8.79. The monoisotopic (exact) mass is 205 g/mol. The number of fused-ring (bicyclic) bond motifs is 1. The van der Waals surface area contributed by atoms with Crippen molar-refractivity contribution in [1.29, 1.82) is 0 Å². The van der Waals surface area contributed by atoms with Crippen molar-refractivity contribution in [1.82, 2.24) is 4.98 Å². The fourth-order valence-corrected chi connectivity index (χ4v) is 1.70. The molecule has 0 atom stereocenters. The van der Waals surface area contributed by atoms with Gasteiger partial charge in [-0.05, 0) is 36.4 Å². The van der Waals surface area contributed by atoms with Gasteiger partial charge in [-0.2, -0.15) is 0 Å². The molecule has 3 nitrogen and oxygen atoms in total. The van der Waals surface area contributed by atoms with Crippen LogP contribution in [0.1, 0.15) is 12.1 Å². The lowest BCUT2D eigenvalue weighted by atomic mass is 10.2. The van der Waals surface area contributed by atoms with Gasteiger partial charge < -0.3 is 14.8 Å². The van der Waals surface area contributed by atoms with Gasteiger partial charge in [-0.3, -0.25) is 0 Å². The summed E-state index contributed by atoms with van der Waals surface area (Å²) in [5.74, 6) is 0.859. The van der Waals surface area contributed by atoms with Crippen molar-refractivity contribution < 1.29 is 9.84 Å². The van der Waals surface area contributed by atoms with E-state index in [2.05, 4.69) is 11.1 Å². The van der Waals surface area contributed by atoms with E-state index in [-0.39, 0.29) is 6.61 Å². The molecule has 0 spiro atoms. The minimum Gasteiger partial charge on any atom is -0.497 e. The molecule has 2 N–H and O–H groups in total. The number of aliphatic hydroxyl groups excluding tert-OH is 1. The Morgan fingerprint density at radius 2 is 2.20 bits per heavy atom. The minimum absolute atomic E-state index is 0.235. The molecule has 0 aliphatic rings. The first-order valence-corrected chi connectivity index (χ1v) is 5.10. The third kappa shape index (κ3) is 2.13. The smallest absolute Gasteiger partial charge is 0.120 e. The second kappa shape index (κ2) is 4.36. The first-order valence-electron chi connectivity index (χ1n) is 5.10. The van der Waals surface area contributed by atoms with E-state index >= 15 is 0 Å². The van der Waals surface area contributed by atoms with Crippen LogP contribution in [0.5, 0.6) is 5.75 Å². The molecule has 1 aromatic carbocycles. The van der Waals surface area contributed by atoms with E-state index in [1.54, 1.807) is 7.11 Å². The van der Waals surface area contributed by atoms with Gasteiger partial charge in [0.05, 0.1) is 7.11 Å². The Balaban J connectivity index is 2.29. The van der Waals surface area contributed by atoms with E-state index in [1.807, 2.05) is 18.2 Å². The maximum atomic E-state index is 8.75. The number of aryl methyl sites for hydroxylation is 1. The van der Waals surface area contributed by atoms with Gasteiger partial charge in [0.1, 0.15) is 5.75 Å². The summed E-state index contributed by atoms with van der Waals surface area (Å²) in [5, 5.41) is 9.93. The number of H-pyrrole nitrogens is 1. The number of aromatic nitrogens is 1. The lowest BCUT2D eigenvalue weighted by molar-refractivity contribution is 0.288. The Labute approximate surface area is 88.7 Å². The van der Waals surface area contributed by atoms with Gasteiger partial charge in [0.2, 0.25) is 0 Å². The average Bonchev–Trinajstić information content (AvgIpc) is 2.67. The van der Waals surface area contributed by atoms with E-state index in [1.165, 1.54) is 5.39 Å². The molecule has 0 aliphatic heterocycles. The van der Waals surface area contributed by atoms with Crippen molar-refractivity contribution >= 4 is 10.9 Å². The highest BCUT2D eigenvalue weighted by Crippen LogP contribution is 2.21. The van der Waals surface area contributed by atoms with E-state index < -0.39 is 0 Å². The molecule has 0 saturated carbocycles. The molecule has 15 heavy (non-hydrogen) atoms. The minimum atomic E-state index is 0.235. The SMILES string of the molecule is COc1ccc2cc(CCCO)[nH]c2c1. The number of nitrogens with one attached hydrogen (secondary N) is 1. The van der Waals surface area contributed by atoms with Crippen LogP contribution >= 0.6 is 0 Å². The first kappa shape index (κ1) is 10.1. The predicted octanol–water partition coefficient (Wildman–Crippen LogP) is 2.10. The highest BCUT2D eigenvalue weighted by atomic mass is 16.5. The van der Waals surface area contributed by atoms with E-state index in [9.17, 15) is 0 Å². The number of rotatable bonds is 4. The number of hydrogen-bond acceptors (Lipinski definition) is 2. The standard InChI is InChI=1S/C12H15NO2/c1-15-11-5-4-9-7-10(3-2-6-14)13-12(9)8-11/h4-5,7-8,13-14H,2-3,6H2,1H3. The molecule has 0 radical (unpaired) electrons. The van der Waals surface area contributed by atoms with Crippen molar-refractivity contribution in [2.45, 2.75) is 12.8 Å². The van der Waals surface area contributed by atoms with Crippen LogP contribution in [0.3, 0.4) is 0 Å². The topological polar surface area (TPSA) is 45.2 Å². The van der Waals surface area contributed by atoms with Crippen molar-refractivity contribution in [3.63, 3.8) is 0 Å². The highest BCUT2D eigenvalue weighted by Gasteiger charge is 2.01. The highest BCUT2D eigenvalue weighted by molar-refractivity contribution is 5.81. The second-order valence-corrected chi connectivity index (χ2v) is 3.57. The number of benzene rings is 1. The fraction of sp³-hybridized carbons (Fsp3) is 0.333. The van der Waals surface area contributed by atoms with Crippen LogP contribution < -0.4 is 4.74 Å². The van der Waals surface area contributed by atoms with Gasteiger partial charge in [-0.15, -0.1) is 0 Å². The van der Waals surface area contributed by atoms with E-state index in [0.29, 0.717) is 0 Å². The molecule has 2 rings (SSSR count). The summed E-state index contributed by atoms with van der Waals surface area (Å²) >= 11 is 0. The molecule has 1 aromatic heterocycles. The van der Waals surface area contributed by atoms with Gasteiger partial charge in [0.25, 0.3) is 0 Å². The Morgan fingerprint density at radius 1 is 1.33 bits per heavy atom. The van der Waals surface area contributed by atoms with Crippen molar-refractivity contribution in [2.75, 3.05) is 13.7 Å². The maximum absolute atomic E-state index is 8.75. The molecular formula is C12H15NO2. The van der Waals surface area contributed by atoms with Crippen LogP contribution in [0.2, 0.25) is 0 Å². The van der Waals surface area contributed by atoms with Gasteiger partial charge in [-0.1, -0.05) is 0 Å². The molecule has 80 valence electrons. The third-order valence-electron chi connectivity index (χ3n) is 2.49. The summed E-state index contributed by atoms with van der Waals surface area (Å²) in [6.45, 7) is 0.235. The third-order valence-corrected chi connectivity index (χ3v) is 2.49. The number of ether oxygens (including phenoxy) is 1. The second-order valence-electron chi connectivity index (χ2n) is 3.57. The number of methoxy groups -OCH3 is 1. The molecule has 1 heterocycles. The Morgan fingerprint density at radius 3 is 2.93 bits per heavy atom. The number of hydrogen-bond donors (Lipinski definition) is 2. The van der Waals surface area contributed by atoms with Crippen molar-refractivity contribution in [3.05, 3.63) is 30.0 Å². The van der Waals surface area contributed by atoms with Crippen LogP contribution in [-0.2, 0) is 6.42 Å². The lowest BCUT2D eigenvalue weighted by Crippen LogP contribution is -1.88. The van der Waals surface area contributed by atoms with Gasteiger partial charge in [-0.25, -0.2) is 0 Å². The average molecular weight is 205 g/mol. The quantitative estimate of drug-likeness (QED) is 0.802.